The van der Waals surface area contributed by atoms with Gasteiger partial charge in [0.1, 0.15) is 0 Å². The molecule has 1 unspecified atom stereocenters. The van der Waals surface area contributed by atoms with Crippen LogP contribution >= 0.6 is 0 Å². The molecule has 0 aromatic rings. The van der Waals surface area contributed by atoms with E-state index < -0.39 is 0 Å². The standard InChI is InChI=1S/C15H32N4/c1-13(2)10-17-15(16-4)18-11-14(3)12-19-8-6-5-7-9-19/h13-14H,5-12H2,1-4H3,(H2,16,17,18). The summed E-state index contributed by atoms with van der Waals surface area (Å²) in [5.74, 6) is 2.24. The molecule has 0 spiro atoms. The summed E-state index contributed by atoms with van der Waals surface area (Å²) in [6.45, 7) is 12.5. The summed E-state index contributed by atoms with van der Waals surface area (Å²) >= 11 is 0. The first-order chi connectivity index (χ1) is 9.11. The Balaban J connectivity index is 2.18. The first-order valence-electron chi connectivity index (χ1n) is 7.78. The highest BCUT2D eigenvalue weighted by molar-refractivity contribution is 5.79. The van der Waals surface area contributed by atoms with Crippen molar-refractivity contribution in [3.8, 4) is 0 Å². The monoisotopic (exact) mass is 268 g/mol. The van der Waals surface area contributed by atoms with Gasteiger partial charge >= 0.3 is 0 Å². The van der Waals surface area contributed by atoms with Crippen LogP contribution in [0.2, 0.25) is 0 Å². The second kappa shape index (κ2) is 9.18. The minimum atomic E-state index is 0.643. The molecule has 1 fully saturated rings. The van der Waals surface area contributed by atoms with E-state index in [1.807, 2.05) is 7.05 Å². The molecule has 19 heavy (non-hydrogen) atoms. The minimum Gasteiger partial charge on any atom is -0.356 e. The second-order valence-corrected chi connectivity index (χ2v) is 6.19. The van der Waals surface area contributed by atoms with Gasteiger partial charge in [-0.15, -0.1) is 0 Å². The van der Waals surface area contributed by atoms with Gasteiger partial charge in [-0.1, -0.05) is 27.2 Å². The fraction of sp³-hybridized carbons (Fsp3) is 0.933. The smallest absolute Gasteiger partial charge is 0.190 e. The third-order valence-electron chi connectivity index (χ3n) is 3.54. The average Bonchev–Trinajstić information content (AvgIpc) is 2.39. The molecule has 1 rings (SSSR count). The molecule has 0 aromatic carbocycles. The maximum absolute atomic E-state index is 4.26. The van der Waals surface area contributed by atoms with E-state index in [0.29, 0.717) is 11.8 Å². The number of likely N-dealkylation sites (tertiary alicyclic amines) is 1. The maximum atomic E-state index is 4.26. The van der Waals surface area contributed by atoms with Gasteiger partial charge in [-0.05, 0) is 37.8 Å². The van der Waals surface area contributed by atoms with Crippen LogP contribution in [0.3, 0.4) is 0 Å². The minimum absolute atomic E-state index is 0.643. The molecule has 1 heterocycles. The van der Waals surface area contributed by atoms with Gasteiger partial charge in [-0.3, -0.25) is 4.99 Å². The lowest BCUT2D eigenvalue weighted by Crippen LogP contribution is -2.43. The van der Waals surface area contributed by atoms with Crippen LogP contribution in [0.4, 0.5) is 0 Å². The Kier molecular flexibility index (Phi) is 7.87. The lowest BCUT2D eigenvalue weighted by molar-refractivity contribution is 0.201. The van der Waals surface area contributed by atoms with E-state index in [1.54, 1.807) is 0 Å². The topological polar surface area (TPSA) is 39.7 Å². The Morgan fingerprint density at radius 1 is 1.05 bits per heavy atom. The van der Waals surface area contributed by atoms with Crippen molar-refractivity contribution >= 4 is 5.96 Å². The van der Waals surface area contributed by atoms with E-state index in [9.17, 15) is 0 Å². The summed E-state index contributed by atoms with van der Waals surface area (Å²) in [4.78, 5) is 6.86. The zero-order valence-electron chi connectivity index (χ0n) is 13.2. The highest BCUT2D eigenvalue weighted by Crippen LogP contribution is 2.10. The summed E-state index contributed by atoms with van der Waals surface area (Å²) in [6, 6.07) is 0. The van der Waals surface area contributed by atoms with Crippen molar-refractivity contribution in [2.45, 2.75) is 40.0 Å². The number of rotatable bonds is 6. The van der Waals surface area contributed by atoms with Crippen LogP contribution in [0.5, 0.6) is 0 Å². The van der Waals surface area contributed by atoms with Gasteiger partial charge in [0.2, 0.25) is 0 Å². The predicted molar refractivity (Wildman–Crippen MR) is 83.7 cm³/mol. The van der Waals surface area contributed by atoms with E-state index in [1.165, 1.54) is 38.9 Å². The van der Waals surface area contributed by atoms with Crippen LogP contribution in [0.15, 0.2) is 4.99 Å². The zero-order valence-corrected chi connectivity index (χ0v) is 13.2. The Morgan fingerprint density at radius 3 is 2.26 bits per heavy atom. The number of nitrogens with zero attached hydrogens (tertiary/aromatic N) is 2. The average molecular weight is 268 g/mol. The van der Waals surface area contributed by atoms with E-state index in [4.69, 9.17) is 0 Å². The third kappa shape index (κ3) is 7.41. The first-order valence-corrected chi connectivity index (χ1v) is 7.78. The summed E-state index contributed by atoms with van der Waals surface area (Å²) in [5.41, 5.74) is 0. The van der Waals surface area contributed by atoms with Gasteiger partial charge in [0.15, 0.2) is 5.96 Å². The molecule has 1 aliphatic rings. The highest BCUT2D eigenvalue weighted by Gasteiger charge is 2.13. The van der Waals surface area contributed by atoms with Crippen molar-refractivity contribution in [3.05, 3.63) is 0 Å². The Hall–Kier alpha value is -0.770. The lowest BCUT2D eigenvalue weighted by Gasteiger charge is -2.29. The van der Waals surface area contributed by atoms with Crippen LogP contribution in [-0.2, 0) is 0 Å². The van der Waals surface area contributed by atoms with Crippen LogP contribution < -0.4 is 10.6 Å². The number of hydrogen-bond donors (Lipinski definition) is 2. The number of piperidine rings is 1. The molecule has 0 saturated carbocycles. The molecule has 112 valence electrons. The maximum Gasteiger partial charge on any atom is 0.190 e. The summed E-state index contributed by atoms with van der Waals surface area (Å²) in [6.07, 6.45) is 4.16. The van der Waals surface area contributed by atoms with Crippen molar-refractivity contribution in [1.82, 2.24) is 15.5 Å². The highest BCUT2D eigenvalue weighted by atomic mass is 15.2. The molecule has 1 atom stereocenters. The van der Waals surface area contributed by atoms with Crippen LogP contribution in [0.1, 0.15) is 40.0 Å². The Labute approximate surface area is 119 Å². The quantitative estimate of drug-likeness (QED) is 0.571. The summed E-state index contributed by atoms with van der Waals surface area (Å²) < 4.78 is 0. The zero-order chi connectivity index (χ0) is 14.1. The lowest BCUT2D eigenvalue weighted by atomic mass is 10.1. The van der Waals surface area contributed by atoms with Gasteiger partial charge in [0.25, 0.3) is 0 Å². The Bertz CT molecular complexity index is 257. The van der Waals surface area contributed by atoms with E-state index >= 15 is 0 Å². The van der Waals surface area contributed by atoms with Gasteiger partial charge in [-0.2, -0.15) is 0 Å². The number of hydrogen-bond acceptors (Lipinski definition) is 2. The third-order valence-corrected chi connectivity index (χ3v) is 3.54. The molecule has 1 saturated heterocycles. The van der Waals surface area contributed by atoms with Crippen LogP contribution in [-0.4, -0.2) is 50.6 Å². The SMILES string of the molecule is CN=C(NCC(C)C)NCC(C)CN1CCCCC1. The normalized spacial score (nSPS) is 19.5. The number of guanidine groups is 1. The van der Waals surface area contributed by atoms with E-state index in [0.717, 1.165) is 19.0 Å². The Morgan fingerprint density at radius 2 is 1.68 bits per heavy atom. The van der Waals surface area contributed by atoms with Crippen LogP contribution in [0.25, 0.3) is 0 Å². The van der Waals surface area contributed by atoms with Crippen molar-refractivity contribution in [1.29, 1.82) is 0 Å². The van der Waals surface area contributed by atoms with Gasteiger partial charge in [0.05, 0.1) is 0 Å². The van der Waals surface area contributed by atoms with E-state index in [-0.39, 0.29) is 0 Å². The van der Waals surface area contributed by atoms with Gasteiger partial charge < -0.3 is 15.5 Å². The predicted octanol–water partition coefficient (Wildman–Crippen LogP) is 1.93. The van der Waals surface area contributed by atoms with Crippen molar-refractivity contribution < 1.29 is 0 Å². The van der Waals surface area contributed by atoms with Crippen molar-refractivity contribution in [2.75, 3.05) is 39.8 Å². The molecule has 0 amide bonds. The fourth-order valence-electron chi connectivity index (χ4n) is 2.44. The molecule has 0 aliphatic carbocycles. The first kappa shape index (κ1) is 16.3. The molecule has 0 bridgehead atoms. The van der Waals surface area contributed by atoms with Crippen LogP contribution in [0, 0.1) is 11.8 Å². The van der Waals surface area contributed by atoms with Gasteiger partial charge in [-0.25, -0.2) is 0 Å². The van der Waals surface area contributed by atoms with Crippen molar-refractivity contribution in [2.24, 2.45) is 16.8 Å². The molecule has 4 nitrogen and oxygen atoms in total. The molecular formula is C15H32N4. The fourth-order valence-corrected chi connectivity index (χ4v) is 2.44. The summed E-state index contributed by atoms with van der Waals surface area (Å²) in [5, 5.41) is 6.78. The molecule has 0 radical (unpaired) electrons. The number of aliphatic imine (C=N–C) groups is 1. The summed E-state index contributed by atoms with van der Waals surface area (Å²) in [7, 11) is 1.84. The molecule has 1 aliphatic heterocycles. The molecular weight excluding hydrogens is 236 g/mol. The molecule has 0 aromatic heterocycles. The number of nitrogens with one attached hydrogen (secondary N) is 2. The van der Waals surface area contributed by atoms with Gasteiger partial charge in [0, 0.05) is 26.7 Å². The molecule has 4 heteroatoms. The van der Waals surface area contributed by atoms with Crippen molar-refractivity contribution in [3.63, 3.8) is 0 Å². The van der Waals surface area contributed by atoms with E-state index in [2.05, 4.69) is 41.3 Å². The largest absolute Gasteiger partial charge is 0.356 e. The molecule has 2 N–H and O–H groups in total. The second-order valence-electron chi connectivity index (χ2n) is 6.19.